The third-order valence-corrected chi connectivity index (χ3v) is 3.20. The molecule has 2 aromatic rings. The van der Waals surface area contributed by atoms with Gasteiger partial charge in [-0.15, -0.1) is 12.4 Å². The summed E-state index contributed by atoms with van der Waals surface area (Å²) in [7, 11) is 1.75. The van der Waals surface area contributed by atoms with Crippen molar-refractivity contribution in [3.8, 4) is 5.69 Å². The van der Waals surface area contributed by atoms with Gasteiger partial charge in [-0.3, -0.25) is 4.79 Å². The number of likely N-dealkylation sites (N-methyl/N-ethyl adjacent to an activating group) is 1. The van der Waals surface area contributed by atoms with Crippen molar-refractivity contribution in [2.45, 2.75) is 26.7 Å². The molecule has 6 heteroatoms. The molecule has 0 unspecified atom stereocenters. The Morgan fingerprint density at radius 1 is 1.27 bits per heavy atom. The summed E-state index contributed by atoms with van der Waals surface area (Å²) in [6, 6.07) is 9.99. The van der Waals surface area contributed by atoms with Gasteiger partial charge in [-0.05, 0) is 32.0 Å². The van der Waals surface area contributed by atoms with Crippen molar-refractivity contribution in [1.29, 1.82) is 0 Å². The van der Waals surface area contributed by atoms with Gasteiger partial charge in [0.1, 0.15) is 5.82 Å². The fourth-order valence-corrected chi connectivity index (χ4v) is 2.00. The fraction of sp³-hybridized carbons (Fsp3) is 0.375. The smallest absolute Gasteiger partial charge is 0.239 e. The van der Waals surface area contributed by atoms with E-state index >= 15 is 0 Å². The molecule has 1 aromatic heterocycles. The molecular formula is C16H23ClN4O. The first-order chi connectivity index (χ1) is 10.0. The van der Waals surface area contributed by atoms with Gasteiger partial charge in [-0.1, -0.05) is 31.5 Å². The Balaban J connectivity index is 0.00000242. The van der Waals surface area contributed by atoms with E-state index in [9.17, 15) is 4.79 Å². The molecule has 0 fully saturated rings. The standard InChI is InChI=1S/C16H22N4O.ClH/c1-11(2)14-9-15(18-16(21)10-17-4)20(19-14)13-7-5-12(3)6-8-13;/h5-9,11,17H,10H2,1-4H3,(H,18,21);1H. The molecule has 0 atom stereocenters. The van der Waals surface area contributed by atoms with Gasteiger partial charge in [-0.2, -0.15) is 5.10 Å². The molecule has 2 N–H and O–H groups in total. The zero-order valence-electron chi connectivity index (χ0n) is 13.4. The minimum atomic E-state index is -0.0823. The van der Waals surface area contributed by atoms with E-state index in [1.807, 2.05) is 37.3 Å². The highest BCUT2D eigenvalue weighted by Gasteiger charge is 2.14. The average Bonchev–Trinajstić information content (AvgIpc) is 2.84. The first-order valence-electron chi connectivity index (χ1n) is 7.12. The summed E-state index contributed by atoms with van der Waals surface area (Å²) >= 11 is 0. The summed E-state index contributed by atoms with van der Waals surface area (Å²) in [6.45, 7) is 6.49. The zero-order valence-corrected chi connectivity index (χ0v) is 14.2. The van der Waals surface area contributed by atoms with E-state index in [1.54, 1.807) is 11.7 Å². The van der Waals surface area contributed by atoms with Crippen LogP contribution >= 0.6 is 12.4 Å². The van der Waals surface area contributed by atoms with Crippen LogP contribution in [0.4, 0.5) is 5.82 Å². The predicted octanol–water partition coefficient (Wildman–Crippen LogP) is 2.88. The van der Waals surface area contributed by atoms with Crippen LogP contribution in [-0.2, 0) is 4.79 Å². The molecule has 5 nitrogen and oxygen atoms in total. The van der Waals surface area contributed by atoms with Gasteiger partial charge in [0.25, 0.3) is 0 Å². The van der Waals surface area contributed by atoms with Gasteiger partial charge in [0.2, 0.25) is 5.91 Å². The Morgan fingerprint density at radius 2 is 1.91 bits per heavy atom. The number of amides is 1. The lowest BCUT2D eigenvalue weighted by atomic mass is 10.1. The number of nitrogens with one attached hydrogen (secondary N) is 2. The van der Waals surface area contributed by atoms with Crippen LogP contribution in [0.2, 0.25) is 0 Å². The molecule has 120 valence electrons. The lowest BCUT2D eigenvalue weighted by Crippen LogP contribution is -2.26. The van der Waals surface area contributed by atoms with Gasteiger partial charge >= 0.3 is 0 Å². The summed E-state index contributed by atoms with van der Waals surface area (Å²) in [5.74, 6) is 0.917. The molecule has 0 radical (unpaired) electrons. The molecule has 22 heavy (non-hydrogen) atoms. The van der Waals surface area contributed by atoms with Crippen molar-refractivity contribution >= 4 is 24.1 Å². The number of nitrogens with zero attached hydrogens (tertiary/aromatic N) is 2. The molecule has 0 aliphatic rings. The molecule has 0 saturated carbocycles. The average molecular weight is 323 g/mol. The number of benzene rings is 1. The first kappa shape index (κ1) is 18.2. The zero-order chi connectivity index (χ0) is 15.4. The first-order valence-corrected chi connectivity index (χ1v) is 7.12. The van der Waals surface area contributed by atoms with Crippen LogP contribution in [0.15, 0.2) is 30.3 Å². The lowest BCUT2D eigenvalue weighted by Gasteiger charge is -2.09. The van der Waals surface area contributed by atoms with Gasteiger partial charge in [0.15, 0.2) is 0 Å². The predicted molar refractivity (Wildman–Crippen MR) is 92.2 cm³/mol. The SMILES string of the molecule is CNCC(=O)Nc1cc(C(C)C)nn1-c1ccc(C)cc1.Cl. The summed E-state index contributed by atoms with van der Waals surface area (Å²) in [5.41, 5.74) is 3.08. The highest BCUT2D eigenvalue weighted by molar-refractivity contribution is 5.91. The fourth-order valence-electron chi connectivity index (χ4n) is 2.00. The van der Waals surface area contributed by atoms with Crippen molar-refractivity contribution in [1.82, 2.24) is 15.1 Å². The Bertz CT molecular complexity index is 620. The number of halogens is 1. The Hall–Kier alpha value is -1.85. The molecule has 2 rings (SSSR count). The molecule has 0 spiro atoms. The van der Waals surface area contributed by atoms with Crippen molar-refractivity contribution < 1.29 is 4.79 Å². The number of aryl methyl sites for hydroxylation is 1. The number of carbonyl (C=O) groups excluding carboxylic acids is 1. The van der Waals surface area contributed by atoms with Crippen LogP contribution in [0.3, 0.4) is 0 Å². The Morgan fingerprint density at radius 3 is 2.45 bits per heavy atom. The third kappa shape index (κ3) is 4.32. The molecular weight excluding hydrogens is 300 g/mol. The highest BCUT2D eigenvalue weighted by Crippen LogP contribution is 2.22. The molecule has 0 bridgehead atoms. The molecule has 0 saturated heterocycles. The van der Waals surface area contributed by atoms with E-state index in [0.717, 1.165) is 11.4 Å². The largest absolute Gasteiger partial charge is 0.311 e. The van der Waals surface area contributed by atoms with Crippen LogP contribution in [0, 0.1) is 6.92 Å². The number of aromatic nitrogens is 2. The van der Waals surface area contributed by atoms with E-state index in [0.29, 0.717) is 11.7 Å². The molecule has 1 amide bonds. The maximum absolute atomic E-state index is 11.8. The third-order valence-electron chi connectivity index (χ3n) is 3.20. The Labute approximate surface area is 137 Å². The monoisotopic (exact) mass is 322 g/mol. The molecule has 1 aromatic carbocycles. The van der Waals surface area contributed by atoms with Crippen molar-refractivity contribution in [2.24, 2.45) is 0 Å². The van der Waals surface area contributed by atoms with E-state index in [1.165, 1.54) is 5.56 Å². The maximum atomic E-state index is 11.8. The number of hydrogen-bond donors (Lipinski definition) is 2. The van der Waals surface area contributed by atoms with Gasteiger partial charge in [0, 0.05) is 6.07 Å². The number of rotatable bonds is 5. The van der Waals surface area contributed by atoms with E-state index in [-0.39, 0.29) is 24.9 Å². The lowest BCUT2D eigenvalue weighted by molar-refractivity contribution is -0.115. The summed E-state index contributed by atoms with van der Waals surface area (Å²) in [4.78, 5) is 11.8. The second-order valence-corrected chi connectivity index (χ2v) is 5.44. The maximum Gasteiger partial charge on any atom is 0.239 e. The molecule has 1 heterocycles. The minimum Gasteiger partial charge on any atom is -0.311 e. The Kier molecular flexibility index (Phi) is 6.59. The highest BCUT2D eigenvalue weighted by atomic mass is 35.5. The molecule has 0 aliphatic carbocycles. The van der Waals surface area contributed by atoms with Crippen molar-refractivity contribution in [3.63, 3.8) is 0 Å². The van der Waals surface area contributed by atoms with Crippen LogP contribution in [0.1, 0.15) is 31.0 Å². The summed E-state index contributed by atoms with van der Waals surface area (Å²) < 4.78 is 1.78. The van der Waals surface area contributed by atoms with Gasteiger partial charge < -0.3 is 10.6 Å². The number of carbonyl (C=O) groups is 1. The number of anilines is 1. The topological polar surface area (TPSA) is 59.0 Å². The van der Waals surface area contributed by atoms with Crippen LogP contribution in [0.25, 0.3) is 5.69 Å². The van der Waals surface area contributed by atoms with E-state index in [4.69, 9.17) is 0 Å². The van der Waals surface area contributed by atoms with E-state index < -0.39 is 0 Å². The van der Waals surface area contributed by atoms with E-state index in [2.05, 4.69) is 29.6 Å². The number of hydrogen-bond acceptors (Lipinski definition) is 3. The second kappa shape index (κ2) is 7.96. The second-order valence-electron chi connectivity index (χ2n) is 5.44. The van der Waals surface area contributed by atoms with Crippen LogP contribution in [0.5, 0.6) is 0 Å². The normalized spacial score (nSPS) is 10.4. The minimum absolute atomic E-state index is 0. The summed E-state index contributed by atoms with van der Waals surface area (Å²) in [5, 5.41) is 10.3. The van der Waals surface area contributed by atoms with Gasteiger partial charge in [-0.25, -0.2) is 4.68 Å². The van der Waals surface area contributed by atoms with Crippen LogP contribution < -0.4 is 10.6 Å². The van der Waals surface area contributed by atoms with Gasteiger partial charge in [0.05, 0.1) is 17.9 Å². The molecule has 0 aliphatic heterocycles. The van der Waals surface area contributed by atoms with Crippen LogP contribution in [-0.4, -0.2) is 29.3 Å². The van der Waals surface area contributed by atoms with Crippen molar-refractivity contribution in [3.05, 3.63) is 41.6 Å². The summed E-state index contributed by atoms with van der Waals surface area (Å²) in [6.07, 6.45) is 0. The van der Waals surface area contributed by atoms with Crippen molar-refractivity contribution in [2.75, 3.05) is 18.9 Å². The quantitative estimate of drug-likeness (QED) is 0.890.